The van der Waals surface area contributed by atoms with Crippen LogP contribution in [0, 0.1) is 11.6 Å². The molecule has 0 aromatic heterocycles. The molecule has 2 aromatic carbocycles. The maximum Gasteiger partial charge on any atom is 0.133 e. The minimum atomic E-state index is -0.663. The van der Waals surface area contributed by atoms with Crippen LogP contribution in [-0.4, -0.2) is 6.04 Å². The van der Waals surface area contributed by atoms with E-state index < -0.39 is 11.6 Å². The first-order chi connectivity index (χ1) is 9.94. The van der Waals surface area contributed by atoms with Gasteiger partial charge in [0.1, 0.15) is 23.1 Å². The second-order valence-corrected chi connectivity index (χ2v) is 5.91. The lowest BCUT2D eigenvalue weighted by Gasteiger charge is -2.14. The highest BCUT2D eigenvalue weighted by Gasteiger charge is 2.09. The first kappa shape index (κ1) is 15.9. The summed E-state index contributed by atoms with van der Waals surface area (Å²) < 4.78 is 33.0. The van der Waals surface area contributed by atoms with Gasteiger partial charge in [-0.15, -0.1) is 0 Å². The van der Waals surface area contributed by atoms with Crippen molar-refractivity contribution >= 4 is 15.9 Å². The molecule has 0 atom stereocenters. The zero-order valence-electron chi connectivity index (χ0n) is 11.8. The van der Waals surface area contributed by atoms with E-state index in [4.69, 9.17) is 4.74 Å². The fourth-order valence-electron chi connectivity index (χ4n) is 1.81. The van der Waals surface area contributed by atoms with Crippen molar-refractivity contribution in [2.75, 3.05) is 0 Å². The lowest BCUT2D eigenvalue weighted by molar-refractivity contribution is 0.457. The van der Waals surface area contributed by atoms with Crippen LogP contribution in [0.2, 0.25) is 0 Å². The Morgan fingerprint density at radius 1 is 1.10 bits per heavy atom. The van der Waals surface area contributed by atoms with Crippen LogP contribution in [0.5, 0.6) is 11.5 Å². The van der Waals surface area contributed by atoms with Gasteiger partial charge in [-0.25, -0.2) is 8.78 Å². The van der Waals surface area contributed by atoms with Crippen molar-refractivity contribution in [3.8, 4) is 11.5 Å². The Kier molecular flexibility index (Phi) is 5.31. The molecule has 0 aliphatic carbocycles. The van der Waals surface area contributed by atoms with Gasteiger partial charge in [0.15, 0.2) is 0 Å². The van der Waals surface area contributed by atoms with E-state index in [1.54, 1.807) is 6.07 Å². The van der Waals surface area contributed by atoms with Gasteiger partial charge in [0, 0.05) is 40.8 Å². The van der Waals surface area contributed by atoms with E-state index in [-0.39, 0.29) is 5.75 Å². The molecule has 0 spiro atoms. The summed E-state index contributed by atoms with van der Waals surface area (Å²) in [6, 6.07) is 8.96. The highest BCUT2D eigenvalue weighted by molar-refractivity contribution is 9.10. The van der Waals surface area contributed by atoms with Gasteiger partial charge >= 0.3 is 0 Å². The highest BCUT2D eigenvalue weighted by atomic mass is 79.9. The summed E-state index contributed by atoms with van der Waals surface area (Å²) in [5, 5.41) is 3.29. The summed E-state index contributed by atoms with van der Waals surface area (Å²) in [5.74, 6) is -0.620. The lowest BCUT2D eigenvalue weighted by Crippen LogP contribution is -2.22. The summed E-state index contributed by atoms with van der Waals surface area (Å²) in [4.78, 5) is 0. The fraction of sp³-hybridized carbons (Fsp3) is 0.250. The summed E-state index contributed by atoms with van der Waals surface area (Å²) in [6.07, 6.45) is 0. The highest BCUT2D eigenvalue weighted by Crippen LogP contribution is 2.29. The number of rotatable bonds is 5. The van der Waals surface area contributed by atoms with Crippen molar-refractivity contribution in [3.63, 3.8) is 0 Å². The minimum Gasteiger partial charge on any atom is -0.457 e. The van der Waals surface area contributed by atoms with E-state index in [0.29, 0.717) is 18.3 Å². The van der Waals surface area contributed by atoms with Crippen molar-refractivity contribution in [3.05, 3.63) is 58.1 Å². The van der Waals surface area contributed by atoms with Crippen molar-refractivity contribution in [1.82, 2.24) is 5.32 Å². The maximum atomic E-state index is 13.2. The van der Waals surface area contributed by atoms with Gasteiger partial charge in [-0.3, -0.25) is 0 Å². The van der Waals surface area contributed by atoms with E-state index in [1.165, 1.54) is 0 Å². The third-order valence-electron chi connectivity index (χ3n) is 2.79. The zero-order chi connectivity index (χ0) is 15.4. The van der Waals surface area contributed by atoms with Crippen molar-refractivity contribution in [2.24, 2.45) is 0 Å². The Balaban J connectivity index is 2.25. The molecule has 5 heteroatoms. The molecule has 21 heavy (non-hydrogen) atoms. The molecule has 0 amide bonds. The van der Waals surface area contributed by atoms with Crippen LogP contribution in [0.15, 0.2) is 40.9 Å². The number of nitrogens with one attached hydrogen (secondary N) is 1. The summed E-state index contributed by atoms with van der Waals surface area (Å²) in [7, 11) is 0. The molecular formula is C16H16BrF2NO. The maximum absolute atomic E-state index is 13.2. The molecule has 2 rings (SSSR count). The van der Waals surface area contributed by atoms with Crippen LogP contribution in [0.25, 0.3) is 0 Å². The number of hydrogen-bond donors (Lipinski definition) is 1. The molecule has 0 aliphatic heterocycles. The van der Waals surface area contributed by atoms with Crippen LogP contribution in [0.1, 0.15) is 19.4 Å². The minimum absolute atomic E-state index is 0.139. The number of halogens is 3. The standard InChI is InChI=1S/C16H16BrF2NO/c1-10(2)20-9-11-5-12(17)3-4-16(11)21-15-7-13(18)6-14(19)8-15/h3-8,10,20H,9H2,1-2H3. The van der Waals surface area contributed by atoms with Gasteiger partial charge in [0.2, 0.25) is 0 Å². The van der Waals surface area contributed by atoms with Gasteiger partial charge in [-0.05, 0) is 18.2 Å². The molecule has 2 aromatic rings. The molecule has 0 unspecified atom stereocenters. The van der Waals surface area contributed by atoms with Crippen molar-refractivity contribution in [1.29, 1.82) is 0 Å². The van der Waals surface area contributed by atoms with E-state index in [1.807, 2.05) is 26.0 Å². The number of ether oxygens (including phenoxy) is 1. The first-order valence-electron chi connectivity index (χ1n) is 6.60. The van der Waals surface area contributed by atoms with Crippen molar-refractivity contribution in [2.45, 2.75) is 26.4 Å². The quantitative estimate of drug-likeness (QED) is 0.813. The summed E-state index contributed by atoms with van der Waals surface area (Å²) >= 11 is 3.41. The fourth-order valence-corrected chi connectivity index (χ4v) is 2.22. The van der Waals surface area contributed by atoms with Gasteiger partial charge in [-0.2, -0.15) is 0 Å². The molecule has 0 radical (unpaired) electrons. The van der Waals surface area contributed by atoms with Gasteiger partial charge in [-0.1, -0.05) is 29.8 Å². The van der Waals surface area contributed by atoms with Gasteiger partial charge < -0.3 is 10.1 Å². The van der Waals surface area contributed by atoms with Crippen LogP contribution in [0.4, 0.5) is 8.78 Å². The van der Waals surface area contributed by atoms with E-state index in [0.717, 1.165) is 28.2 Å². The second-order valence-electron chi connectivity index (χ2n) is 4.99. The van der Waals surface area contributed by atoms with Crippen molar-refractivity contribution < 1.29 is 13.5 Å². The Hall–Kier alpha value is -1.46. The van der Waals surface area contributed by atoms with Crippen LogP contribution >= 0.6 is 15.9 Å². The number of benzene rings is 2. The van der Waals surface area contributed by atoms with E-state index in [2.05, 4.69) is 21.2 Å². The smallest absolute Gasteiger partial charge is 0.133 e. The summed E-state index contributed by atoms with van der Waals surface area (Å²) in [6.45, 7) is 4.69. The lowest BCUT2D eigenvalue weighted by atomic mass is 10.2. The van der Waals surface area contributed by atoms with E-state index in [9.17, 15) is 8.78 Å². The predicted octanol–water partition coefficient (Wildman–Crippen LogP) is 5.02. The van der Waals surface area contributed by atoms with Crippen LogP contribution < -0.4 is 10.1 Å². The third kappa shape index (κ3) is 4.79. The topological polar surface area (TPSA) is 21.3 Å². The van der Waals surface area contributed by atoms with Crippen LogP contribution in [-0.2, 0) is 6.54 Å². The molecule has 0 heterocycles. The Bertz CT molecular complexity index is 611. The molecule has 0 aliphatic rings. The second kappa shape index (κ2) is 7.00. The average molecular weight is 356 g/mol. The number of hydrogen-bond acceptors (Lipinski definition) is 2. The monoisotopic (exact) mass is 355 g/mol. The first-order valence-corrected chi connectivity index (χ1v) is 7.39. The molecule has 0 fully saturated rings. The Morgan fingerprint density at radius 3 is 2.38 bits per heavy atom. The molecule has 112 valence electrons. The zero-order valence-corrected chi connectivity index (χ0v) is 13.4. The average Bonchev–Trinajstić information content (AvgIpc) is 2.37. The SMILES string of the molecule is CC(C)NCc1cc(Br)ccc1Oc1cc(F)cc(F)c1. The largest absolute Gasteiger partial charge is 0.457 e. The van der Waals surface area contributed by atoms with Crippen LogP contribution in [0.3, 0.4) is 0 Å². The van der Waals surface area contributed by atoms with E-state index >= 15 is 0 Å². The molecular weight excluding hydrogens is 340 g/mol. The molecule has 2 nitrogen and oxygen atoms in total. The molecule has 0 saturated heterocycles. The third-order valence-corrected chi connectivity index (χ3v) is 3.28. The molecule has 1 N–H and O–H groups in total. The normalized spacial score (nSPS) is 11.0. The Morgan fingerprint density at radius 2 is 1.76 bits per heavy atom. The molecule has 0 bridgehead atoms. The van der Waals surface area contributed by atoms with Gasteiger partial charge in [0.05, 0.1) is 0 Å². The van der Waals surface area contributed by atoms with Gasteiger partial charge in [0.25, 0.3) is 0 Å². The molecule has 0 saturated carbocycles. The Labute approximate surface area is 131 Å². The predicted molar refractivity (Wildman–Crippen MR) is 82.5 cm³/mol. The summed E-state index contributed by atoms with van der Waals surface area (Å²) in [5.41, 5.74) is 0.905.